The fourth-order valence-electron chi connectivity index (χ4n) is 3.66. The van der Waals surface area contributed by atoms with Crippen molar-refractivity contribution in [3.8, 4) is 22.5 Å². The second kappa shape index (κ2) is 12.9. The number of likely N-dealkylation sites (N-methyl/N-ethyl adjacent to an activating group) is 1. The number of halogens is 3. The number of amides is 2. The Labute approximate surface area is 222 Å². The Morgan fingerprint density at radius 2 is 1.90 bits per heavy atom. The number of fused-ring (bicyclic) bond motifs is 1. The van der Waals surface area contributed by atoms with Gasteiger partial charge in [0.1, 0.15) is 0 Å². The summed E-state index contributed by atoms with van der Waals surface area (Å²) in [7, 11) is 3.91. The molecule has 206 valence electrons. The van der Waals surface area contributed by atoms with Crippen LogP contribution in [0.1, 0.15) is 21.6 Å². The first-order valence-electron chi connectivity index (χ1n) is 11.9. The van der Waals surface area contributed by atoms with Gasteiger partial charge in [0, 0.05) is 60.8 Å². The Kier molecular flexibility index (Phi) is 9.61. The highest BCUT2D eigenvalue weighted by Crippen LogP contribution is 2.27. The van der Waals surface area contributed by atoms with Crippen LogP contribution >= 0.6 is 0 Å². The molecule has 0 aliphatic carbocycles. The van der Waals surface area contributed by atoms with Gasteiger partial charge in [-0.25, -0.2) is 4.79 Å². The zero-order valence-corrected chi connectivity index (χ0v) is 21.3. The van der Waals surface area contributed by atoms with Crippen molar-refractivity contribution in [1.29, 1.82) is 0 Å². The zero-order chi connectivity index (χ0) is 28.6. The predicted octanol–water partition coefficient (Wildman–Crippen LogP) is 3.40. The summed E-state index contributed by atoms with van der Waals surface area (Å²) < 4.78 is 31.7. The molecule has 0 spiro atoms. The molecule has 4 N–H and O–H groups in total. The van der Waals surface area contributed by atoms with E-state index in [9.17, 15) is 22.8 Å². The van der Waals surface area contributed by atoms with Crippen LogP contribution in [0.3, 0.4) is 0 Å². The Morgan fingerprint density at radius 3 is 2.56 bits per heavy atom. The van der Waals surface area contributed by atoms with Crippen molar-refractivity contribution < 1.29 is 32.7 Å². The second-order valence-corrected chi connectivity index (χ2v) is 8.90. The summed E-state index contributed by atoms with van der Waals surface area (Å²) in [6.45, 7) is 1.82. The maximum absolute atomic E-state index is 12.1. The lowest BCUT2D eigenvalue weighted by Gasteiger charge is -2.11. The van der Waals surface area contributed by atoms with Crippen molar-refractivity contribution in [3.63, 3.8) is 0 Å². The molecule has 2 aromatic heterocycles. The number of nitrogens with zero attached hydrogens (tertiary/aromatic N) is 2. The van der Waals surface area contributed by atoms with Crippen LogP contribution in [0, 0.1) is 0 Å². The Morgan fingerprint density at radius 1 is 1.15 bits per heavy atom. The third-order valence-corrected chi connectivity index (χ3v) is 5.55. The van der Waals surface area contributed by atoms with E-state index in [0.29, 0.717) is 18.7 Å². The van der Waals surface area contributed by atoms with Gasteiger partial charge in [-0.3, -0.25) is 14.6 Å². The fourth-order valence-corrected chi connectivity index (χ4v) is 3.66. The molecule has 0 bridgehead atoms. The summed E-state index contributed by atoms with van der Waals surface area (Å²) in [6.07, 6.45) is 0.889. The highest BCUT2D eigenvalue weighted by molar-refractivity contribution is 5.97. The van der Waals surface area contributed by atoms with Gasteiger partial charge in [-0.2, -0.15) is 13.2 Å². The van der Waals surface area contributed by atoms with E-state index in [1.165, 1.54) is 0 Å². The van der Waals surface area contributed by atoms with E-state index < -0.39 is 12.1 Å². The van der Waals surface area contributed by atoms with Crippen molar-refractivity contribution in [3.05, 3.63) is 77.6 Å². The molecular weight excluding hydrogens is 515 g/mol. The first-order valence-corrected chi connectivity index (χ1v) is 11.9. The second-order valence-electron chi connectivity index (χ2n) is 8.90. The number of H-pyrrole nitrogens is 1. The molecule has 3 aromatic rings. The number of pyridine rings is 1. The quantitative estimate of drug-likeness (QED) is 0.339. The minimum atomic E-state index is -5.08. The molecule has 12 heteroatoms. The first-order chi connectivity index (χ1) is 18.4. The largest absolute Gasteiger partial charge is 0.490 e. The number of rotatable bonds is 7. The van der Waals surface area contributed by atoms with E-state index in [2.05, 4.69) is 20.6 Å². The van der Waals surface area contributed by atoms with E-state index in [0.717, 1.165) is 46.7 Å². The molecule has 0 unspecified atom stereocenters. The number of aliphatic carboxylic acids is 1. The van der Waals surface area contributed by atoms with Gasteiger partial charge in [0.05, 0.1) is 11.3 Å². The number of hydrogen-bond donors (Lipinski definition) is 4. The smallest absolute Gasteiger partial charge is 0.475 e. The summed E-state index contributed by atoms with van der Waals surface area (Å²) in [6, 6.07) is 13.8. The van der Waals surface area contributed by atoms with E-state index >= 15 is 0 Å². The van der Waals surface area contributed by atoms with Gasteiger partial charge in [-0.05, 0) is 43.9 Å². The molecular formula is C27H28F3N5O4. The van der Waals surface area contributed by atoms with E-state index in [1.54, 1.807) is 12.3 Å². The van der Waals surface area contributed by atoms with E-state index in [-0.39, 0.29) is 11.8 Å². The fraction of sp³-hybridized carbons (Fsp3) is 0.259. The van der Waals surface area contributed by atoms with Gasteiger partial charge >= 0.3 is 12.1 Å². The molecule has 0 atom stereocenters. The van der Waals surface area contributed by atoms with Crippen molar-refractivity contribution in [2.45, 2.75) is 19.1 Å². The number of carbonyl (C=O) groups excluding carboxylic acids is 2. The van der Waals surface area contributed by atoms with Crippen molar-refractivity contribution in [1.82, 2.24) is 25.5 Å². The number of aromatic nitrogens is 2. The molecule has 0 fully saturated rings. The van der Waals surface area contributed by atoms with E-state index in [1.807, 2.05) is 67.5 Å². The molecule has 1 aromatic carbocycles. The van der Waals surface area contributed by atoms with Gasteiger partial charge in [-0.15, -0.1) is 0 Å². The molecule has 0 saturated carbocycles. The Hall–Kier alpha value is -4.45. The molecule has 39 heavy (non-hydrogen) atoms. The average molecular weight is 544 g/mol. The number of carboxylic acid groups (broad SMARTS) is 1. The molecule has 2 amide bonds. The standard InChI is InChI=1S/C25H27N5O2.C2HF3O2/c1-30(2)12-4-7-24(31)28-16-17-5-3-6-18(13-17)22-14-19(8-10-26-22)23-15-20-21(29-23)9-11-27-25(20)32;3-2(4,5)1(6)7/h3-8,10,13-15,29H,9,11-12,16H2,1-2H3,(H,27,32)(H,28,31);(H,6,7). The SMILES string of the molecule is CN(C)CC=CC(=O)NCc1cccc(-c2cc(-c3cc4c([nH]3)CCNC4=O)ccn2)c1.O=C(O)C(F)(F)F. The maximum atomic E-state index is 12.1. The maximum Gasteiger partial charge on any atom is 0.490 e. The lowest BCUT2D eigenvalue weighted by molar-refractivity contribution is -0.192. The summed E-state index contributed by atoms with van der Waals surface area (Å²) in [5.74, 6) is -2.90. The third-order valence-electron chi connectivity index (χ3n) is 5.55. The van der Waals surface area contributed by atoms with Crippen LogP contribution in [-0.2, 0) is 22.6 Å². The van der Waals surface area contributed by atoms with Gasteiger partial charge in [0.25, 0.3) is 5.91 Å². The topological polar surface area (TPSA) is 127 Å². The zero-order valence-electron chi connectivity index (χ0n) is 21.3. The van der Waals surface area contributed by atoms with Crippen molar-refractivity contribution in [2.75, 3.05) is 27.2 Å². The average Bonchev–Trinajstić information content (AvgIpc) is 3.33. The van der Waals surface area contributed by atoms with Crippen LogP contribution in [0.5, 0.6) is 0 Å². The minimum absolute atomic E-state index is 0.0330. The minimum Gasteiger partial charge on any atom is -0.475 e. The number of nitrogens with one attached hydrogen (secondary N) is 3. The van der Waals surface area contributed by atoms with Gasteiger partial charge in [0.2, 0.25) is 5.91 Å². The first kappa shape index (κ1) is 29.1. The Balaban J connectivity index is 0.000000532. The molecule has 1 aliphatic rings. The molecule has 9 nitrogen and oxygen atoms in total. The number of alkyl halides is 3. The number of benzene rings is 1. The highest BCUT2D eigenvalue weighted by atomic mass is 19.4. The molecule has 4 rings (SSSR count). The van der Waals surface area contributed by atoms with Crippen LogP contribution in [-0.4, -0.2) is 71.1 Å². The summed E-state index contributed by atoms with van der Waals surface area (Å²) in [5.41, 5.74) is 6.36. The van der Waals surface area contributed by atoms with Crippen LogP contribution in [0.2, 0.25) is 0 Å². The van der Waals surface area contributed by atoms with Crippen LogP contribution in [0.4, 0.5) is 13.2 Å². The normalized spacial score (nSPS) is 12.9. The van der Waals surface area contributed by atoms with E-state index in [4.69, 9.17) is 9.90 Å². The number of aromatic amines is 1. The number of carboxylic acids is 1. The predicted molar refractivity (Wildman–Crippen MR) is 139 cm³/mol. The van der Waals surface area contributed by atoms with Gasteiger partial charge < -0.3 is 25.6 Å². The van der Waals surface area contributed by atoms with Crippen molar-refractivity contribution >= 4 is 17.8 Å². The van der Waals surface area contributed by atoms with Gasteiger partial charge in [0.15, 0.2) is 0 Å². The summed E-state index contributed by atoms with van der Waals surface area (Å²) in [4.78, 5) is 42.9. The summed E-state index contributed by atoms with van der Waals surface area (Å²) >= 11 is 0. The lowest BCUT2D eigenvalue weighted by Crippen LogP contribution is -2.31. The number of hydrogen-bond acceptors (Lipinski definition) is 5. The van der Waals surface area contributed by atoms with Gasteiger partial charge in [-0.1, -0.05) is 24.3 Å². The monoisotopic (exact) mass is 543 g/mol. The molecule has 1 aliphatic heterocycles. The third kappa shape index (κ3) is 8.54. The lowest BCUT2D eigenvalue weighted by atomic mass is 10.0. The van der Waals surface area contributed by atoms with Crippen molar-refractivity contribution in [2.24, 2.45) is 0 Å². The molecule has 3 heterocycles. The Bertz CT molecular complexity index is 1370. The van der Waals surface area contributed by atoms with Crippen LogP contribution < -0.4 is 10.6 Å². The number of carbonyl (C=O) groups is 3. The highest BCUT2D eigenvalue weighted by Gasteiger charge is 2.38. The van der Waals surface area contributed by atoms with Crippen LogP contribution in [0.25, 0.3) is 22.5 Å². The summed E-state index contributed by atoms with van der Waals surface area (Å²) in [5, 5.41) is 12.9. The molecule has 0 radical (unpaired) electrons. The van der Waals surface area contributed by atoms with Crippen LogP contribution in [0.15, 0.2) is 60.8 Å². The molecule has 0 saturated heterocycles.